The minimum absolute atomic E-state index is 0.210. The monoisotopic (exact) mass is 277 g/mol. The van der Waals surface area contributed by atoms with Crippen molar-refractivity contribution < 1.29 is 0 Å². The number of anilines is 1. The highest BCUT2D eigenvalue weighted by Crippen LogP contribution is 2.32. The summed E-state index contributed by atoms with van der Waals surface area (Å²) in [6, 6.07) is 9.59. The first-order chi connectivity index (χ1) is 10.2. The van der Waals surface area contributed by atoms with Crippen LogP contribution in [0.2, 0.25) is 0 Å². The molecule has 0 bridgehead atoms. The summed E-state index contributed by atoms with van der Waals surface area (Å²) >= 11 is 0. The Morgan fingerprint density at radius 1 is 1.29 bits per heavy atom. The first kappa shape index (κ1) is 13.2. The van der Waals surface area contributed by atoms with Gasteiger partial charge in [0.05, 0.1) is 23.4 Å². The number of aryl methyl sites for hydroxylation is 1. The molecular weight excluding hydrogens is 262 g/mol. The Labute approximate surface area is 123 Å². The Balaban J connectivity index is 1.89. The molecule has 3 rings (SSSR count). The molecule has 1 atom stereocenters. The topological polar surface area (TPSA) is 77.4 Å². The smallest absolute Gasteiger partial charge is 0.101 e. The van der Waals surface area contributed by atoms with Crippen LogP contribution in [0.25, 0.3) is 0 Å². The molecule has 1 aromatic carbocycles. The minimum Gasteiger partial charge on any atom is -0.378 e. The number of hydrogen-bond donors (Lipinski definition) is 1. The second kappa shape index (κ2) is 5.30. The summed E-state index contributed by atoms with van der Waals surface area (Å²) in [5.74, 6) is 0. The number of nitriles is 2. The van der Waals surface area contributed by atoms with Crippen molar-refractivity contribution in [2.45, 2.75) is 25.3 Å². The molecule has 0 aliphatic heterocycles. The predicted molar refractivity (Wildman–Crippen MR) is 78.4 cm³/mol. The molecule has 0 saturated carbocycles. The molecule has 1 aliphatic carbocycles. The van der Waals surface area contributed by atoms with Crippen molar-refractivity contribution >= 4 is 5.69 Å². The van der Waals surface area contributed by atoms with Crippen LogP contribution in [-0.4, -0.2) is 9.78 Å². The summed E-state index contributed by atoms with van der Waals surface area (Å²) in [5.41, 5.74) is 4.19. The number of nitrogens with one attached hydrogen (secondary N) is 1. The largest absolute Gasteiger partial charge is 0.378 e. The van der Waals surface area contributed by atoms with Crippen molar-refractivity contribution in [2.24, 2.45) is 7.05 Å². The van der Waals surface area contributed by atoms with E-state index in [0.29, 0.717) is 11.1 Å². The second-order valence-electron chi connectivity index (χ2n) is 5.24. The van der Waals surface area contributed by atoms with Crippen molar-refractivity contribution in [3.8, 4) is 12.1 Å². The number of nitrogens with zero attached hydrogens (tertiary/aromatic N) is 4. The van der Waals surface area contributed by atoms with Crippen LogP contribution in [0.5, 0.6) is 0 Å². The lowest BCUT2D eigenvalue weighted by atomic mass is 9.92. The first-order valence-electron chi connectivity index (χ1n) is 6.94. The van der Waals surface area contributed by atoms with Gasteiger partial charge in [0, 0.05) is 24.0 Å². The Kier molecular flexibility index (Phi) is 3.33. The van der Waals surface area contributed by atoms with Gasteiger partial charge in [-0.25, -0.2) is 0 Å². The maximum absolute atomic E-state index is 9.10. The first-order valence-corrected chi connectivity index (χ1v) is 6.94. The summed E-state index contributed by atoms with van der Waals surface area (Å²) in [6.45, 7) is 0. The summed E-state index contributed by atoms with van der Waals surface area (Å²) in [5, 5.41) is 25.9. The van der Waals surface area contributed by atoms with Gasteiger partial charge in [-0.15, -0.1) is 0 Å². The van der Waals surface area contributed by atoms with E-state index in [2.05, 4.69) is 16.5 Å². The molecule has 5 nitrogen and oxygen atoms in total. The van der Waals surface area contributed by atoms with E-state index in [0.717, 1.165) is 24.9 Å². The average Bonchev–Trinajstić information content (AvgIpc) is 2.90. The fourth-order valence-electron chi connectivity index (χ4n) is 2.88. The maximum Gasteiger partial charge on any atom is 0.101 e. The summed E-state index contributed by atoms with van der Waals surface area (Å²) in [7, 11) is 1.97. The number of hydrogen-bond acceptors (Lipinski definition) is 4. The lowest BCUT2D eigenvalue weighted by Gasteiger charge is -2.25. The Bertz CT molecular complexity index is 760. The van der Waals surface area contributed by atoms with Gasteiger partial charge < -0.3 is 5.32 Å². The quantitative estimate of drug-likeness (QED) is 0.915. The molecule has 0 radical (unpaired) electrons. The third-order valence-electron chi connectivity index (χ3n) is 3.98. The summed E-state index contributed by atoms with van der Waals surface area (Å²) in [6.07, 6.45) is 5.13. The lowest BCUT2D eigenvalue weighted by molar-refractivity contribution is 0.571. The molecule has 2 aromatic rings. The maximum atomic E-state index is 9.10. The molecule has 1 aliphatic rings. The molecule has 1 aromatic heterocycles. The van der Waals surface area contributed by atoms with Gasteiger partial charge in [0.1, 0.15) is 12.1 Å². The van der Waals surface area contributed by atoms with Crippen LogP contribution in [0.1, 0.15) is 41.3 Å². The summed E-state index contributed by atoms with van der Waals surface area (Å²) < 4.78 is 1.93. The number of rotatable bonds is 2. The molecule has 0 spiro atoms. The zero-order valence-electron chi connectivity index (χ0n) is 11.8. The standard InChI is InChI=1S/C16H15N5/c1-21-16-4-2-3-15(14(16)10-19-21)20-13-6-5-11(8-17)12(7-13)9-18/h5-7,10,15,20H,2-4H2,1H3. The normalized spacial score (nSPS) is 16.6. The molecule has 0 saturated heterocycles. The third kappa shape index (κ3) is 2.34. The van der Waals surface area contributed by atoms with E-state index in [9.17, 15) is 0 Å². The van der Waals surface area contributed by atoms with Gasteiger partial charge in [-0.3, -0.25) is 4.68 Å². The van der Waals surface area contributed by atoms with Crippen LogP contribution < -0.4 is 5.32 Å². The van der Waals surface area contributed by atoms with Crippen LogP contribution in [0.4, 0.5) is 5.69 Å². The lowest BCUT2D eigenvalue weighted by Crippen LogP contribution is -2.17. The van der Waals surface area contributed by atoms with E-state index in [1.165, 1.54) is 11.3 Å². The highest BCUT2D eigenvalue weighted by atomic mass is 15.3. The molecule has 0 amide bonds. The Morgan fingerprint density at radius 3 is 2.86 bits per heavy atom. The zero-order chi connectivity index (χ0) is 14.8. The van der Waals surface area contributed by atoms with Crippen molar-refractivity contribution in [1.82, 2.24) is 9.78 Å². The molecule has 21 heavy (non-hydrogen) atoms. The van der Waals surface area contributed by atoms with E-state index < -0.39 is 0 Å². The van der Waals surface area contributed by atoms with Crippen LogP contribution in [-0.2, 0) is 13.5 Å². The van der Waals surface area contributed by atoms with Crippen molar-refractivity contribution in [1.29, 1.82) is 10.5 Å². The van der Waals surface area contributed by atoms with E-state index >= 15 is 0 Å². The molecule has 1 unspecified atom stereocenters. The van der Waals surface area contributed by atoms with E-state index in [1.807, 2.05) is 30.1 Å². The van der Waals surface area contributed by atoms with Crippen LogP contribution in [0.3, 0.4) is 0 Å². The Hall–Kier alpha value is -2.79. The number of fused-ring (bicyclic) bond motifs is 1. The van der Waals surface area contributed by atoms with Crippen LogP contribution in [0, 0.1) is 22.7 Å². The van der Waals surface area contributed by atoms with E-state index in [1.54, 1.807) is 12.1 Å². The van der Waals surface area contributed by atoms with Gasteiger partial charge in [0.2, 0.25) is 0 Å². The molecule has 1 heterocycles. The fraction of sp³-hybridized carbons (Fsp3) is 0.312. The average molecular weight is 277 g/mol. The van der Waals surface area contributed by atoms with Gasteiger partial charge in [-0.1, -0.05) is 0 Å². The van der Waals surface area contributed by atoms with Crippen molar-refractivity contribution in [3.63, 3.8) is 0 Å². The third-order valence-corrected chi connectivity index (χ3v) is 3.98. The SMILES string of the molecule is Cn1ncc2c1CCCC2Nc1ccc(C#N)c(C#N)c1. The molecule has 1 N–H and O–H groups in total. The van der Waals surface area contributed by atoms with Gasteiger partial charge in [0.25, 0.3) is 0 Å². The predicted octanol–water partition coefficient (Wildman–Crippen LogP) is 2.65. The van der Waals surface area contributed by atoms with E-state index in [4.69, 9.17) is 10.5 Å². The van der Waals surface area contributed by atoms with Crippen LogP contribution in [0.15, 0.2) is 24.4 Å². The zero-order valence-corrected chi connectivity index (χ0v) is 11.8. The van der Waals surface area contributed by atoms with Crippen molar-refractivity contribution in [2.75, 3.05) is 5.32 Å². The summed E-state index contributed by atoms with van der Waals surface area (Å²) in [4.78, 5) is 0. The Morgan fingerprint density at radius 2 is 2.10 bits per heavy atom. The van der Waals surface area contributed by atoms with Gasteiger partial charge in [0.15, 0.2) is 0 Å². The highest BCUT2D eigenvalue weighted by Gasteiger charge is 2.23. The minimum atomic E-state index is 0.210. The fourth-order valence-corrected chi connectivity index (χ4v) is 2.88. The molecule has 5 heteroatoms. The molecular formula is C16H15N5. The van der Waals surface area contributed by atoms with Gasteiger partial charge in [-0.2, -0.15) is 15.6 Å². The van der Waals surface area contributed by atoms with Gasteiger partial charge >= 0.3 is 0 Å². The van der Waals surface area contributed by atoms with Crippen molar-refractivity contribution in [3.05, 3.63) is 46.8 Å². The number of benzene rings is 1. The highest BCUT2D eigenvalue weighted by molar-refractivity contribution is 5.57. The molecule has 104 valence electrons. The van der Waals surface area contributed by atoms with Gasteiger partial charge in [-0.05, 0) is 37.5 Å². The van der Waals surface area contributed by atoms with Crippen LogP contribution >= 0.6 is 0 Å². The second-order valence-corrected chi connectivity index (χ2v) is 5.24. The molecule has 0 fully saturated rings. The van der Waals surface area contributed by atoms with E-state index in [-0.39, 0.29) is 6.04 Å². The number of aromatic nitrogens is 2.